The van der Waals surface area contributed by atoms with E-state index in [9.17, 15) is 18.0 Å². The monoisotopic (exact) mass is 453 g/mol. The van der Waals surface area contributed by atoms with Crippen molar-refractivity contribution in [3.8, 4) is 5.75 Å². The molecule has 1 N–H and O–H groups in total. The van der Waals surface area contributed by atoms with Gasteiger partial charge in [0.15, 0.2) is 0 Å². The topological polar surface area (TPSA) is 47.6 Å². The van der Waals surface area contributed by atoms with Gasteiger partial charge in [-0.1, -0.05) is 29.8 Å². The lowest BCUT2D eigenvalue weighted by molar-refractivity contribution is -0.139. The molecule has 1 amide bonds. The van der Waals surface area contributed by atoms with Crippen LogP contribution in [0.3, 0.4) is 0 Å². The van der Waals surface area contributed by atoms with Gasteiger partial charge in [-0.3, -0.25) is 0 Å². The van der Waals surface area contributed by atoms with E-state index in [1.54, 1.807) is 6.92 Å². The Morgan fingerprint density at radius 3 is 2.26 bits per heavy atom. The number of hydrogen-bond donors (Lipinski definition) is 1. The number of alkyl carbamates (subject to hydrolysis) is 1. The van der Waals surface area contributed by atoms with Gasteiger partial charge < -0.3 is 14.8 Å². The molecule has 27 heavy (non-hydrogen) atoms. The molecule has 0 aromatic heterocycles. The predicted octanol–water partition coefficient (Wildman–Crippen LogP) is 6.18. The average Bonchev–Trinajstić information content (AvgIpc) is 2.41. The van der Waals surface area contributed by atoms with Gasteiger partial charge in [0.05, 0.1) is 5.56 Å². The molecule has 1 aromatic carbocycles. The Morgan fingerprint density at radius 2 is 1.78 bits per heavy atom. The molecule has 1 atom stereocenters. The SMILES string of the molecule is CC(C)C[C@@](C)(COc1ccc(Br)cc1C(F)(F)F)OC(=O)NC(C)(C)C. The van der Waals surface area contributed by atoms with E-state index in [0.717, 1.165) is 6.07 Å². The Balaban J connectivity index is 3.00. The smallest absolute Gasteiger partial charge is 0.420 e. The second-order valence-corrected chi connectivity index (χ2v) is 9.15. The van der Waals surface area contributed by atoms with E-state index in [1.165, 1.54) is 12.1 Å². The average molecular weight is 454 g/mol. The lowest BCUT2D eigenvalue weighted by Crippen LogP contribution is -2.47. The molecule has 0 radical (unpaired) electrons. The molecule has 8 heteroatoms. The molecule has 0 heterocycles. The number of alkyl halides is 3. The maximum absolute atomic E-state index is 13.3. The molecule has 0 aliphatic rings. The molecule has 1 rings (SSSR count). The van der Waals surface area contributed by atoms with Crippen molar-refractivity contribution < 1.29 is 27.4 Å². The van der Waals surface area contributed by atoms with Gasteiger partial charge in [0.25, 0.3) is 0 Å². The normalized spacial score (nSPS) is 14.6. The first-order valence-corrected chi connectivity index (χ1v) is 9.41. The van der Waals surface area contributed by atoms with Crippen LogP contribution in [0.2, 0.25) is 0 Å². The van der Waals surface area contributed by atoms with E-state index in [4.69, 9.17) is 9.47 Å². The zero-order valence-electron chi connectivity index (χ0n) is 16.5. The van der Waals surface area contributed by atoms with Crippen LogP contribution < -0.4 is 10.1 Å². The predicted molar refractivity (Wildman–Crippen MR) is 102 cm³/mol. The highest BCUT2D eigenvalue weighted by Crippen LogP contribution is 2.38. The Labute approximate surface area is 166 Å². The van der Waals surface area contributed by atoms with E-state index in [2.05, 4.69) is 21.2 Å². The first kappa shape index (κ1) is 23.6. The van der Waals surface area contributed by atoms with Crippen molar-refractivity contribution in [3.63, 3.8) is 0 Å². The number of nitrogens with one attached hydrogen (secondary N) is 1. The van der Waals surface area contributed by atoms with Crippen LogP contribution in [0, 0.1) is 5.92 Å². The Morgan fingerprint density at radius 1 is 1.19 bits per heavy atom. The molecular weight excluding hydrogens is 427 g/mol. The zero-order valence-corrected chi connectivity index (χ0v) is 18.0. The minimum Gasteiger partial charge on any atom is -0.489 e. The van der Waals surface area contributed by atoms with Gasteiger partial charge in [0, 0.05) is 10.0 Å². The maximum atomic E-state index is 13.3. The van der Waals surface area contributed by atoms with Crippen LogP contribution in [-0.4, -0.2) is 23.8 Å². The van der Waals surface area contributed by atoms with Gasteiger partial charge in [-0.2, -0.15) is 13.2 Å². The van der Waals surface area contributed by atoms with Crippen molar-refractivity contribution in [1.29, 1.82) is 0 Å². The highest BCUT2D eigenvalue weighted by atomic mass is 79.9. The number of rotatable bonds is 6. The van der Waals surface area contributed by atoms with Gasteiger partial charge in [0.1, 0.15) is 18.0 Å². The summed E-state index contributed by atoms with van der Waals surface area (Å²) in [6.45, 7) is 10.7. The highest BCUT2D eigenvalue weighted by Gasteiger charge is 2.37. The third-order valence-corrected chi connectivity index (χ3v) is 3.93. The van der Waals surface area contributed by atoms with Crippen molar-refractivity contribution in [3.05, 3.63) is 28.2 Å². The molecule has 0 aliphatic heterocycles. The number of carbonyl (C=O) groups is 1. The van der Waals surface area contributed by atoms with Gasteiger partial charge >= 0.3 is 12.3 Å². The van der Waals surface area contributed by atoms with Crippen LogP contribution in [-0.2, 0) is 10.9 Å². The molecule has 0 bridgehead atoms. The van der Waals surface area contributed by atoms with E-state index in [1.807, 2.05) is 34.6 Å². The first-order valence-electron chi connectivity index (χ1n) is 8.62. The Bertz CT molecular complexity index is 657. The summed E-state index contributed by atoms with van der Waals surface area (Å²) in [5.74, 6) is -0.159. The summed E-state index contributed by atoms with van der Waals surface area (Å²) in [6, 6.07) is 3.68. The van der Waals surface area contributed by atoms with Crippen LogP contribution in [0.4, 0.5) is 18.0 Å². The van der Waals surface area contributed by atoms with Crippen LogP contribution >= 0.6 is 15.9 Å². The van der Waals surface area contributed by atoms with E-state index in [-0.39, 0.29) is 18.3 Å². The van der Waals surface area contributed by atoms with Crippen molar-refractivity contribution >= 4 is 22.0 Å². The van der Waals surface area contributed by atoms with Crippen molar-refractivity contribution in [1.82, 2.24) is 5.32 Å². The van der Waals surface area contributed by atoms with E-state index in [0.29, 0.717) is 10.9 Å². The molecule has 0 spiro atoms. The molecule has 154 valence electrons. The summed E-state index contributed by atoms with van der Waals surface area (Å²) < 4.78 is 51.1. The zero-order chi connectivity index (χ0) is 21.0. The molecule has 0 fully saturated rings. The third kappa shape index (κ3) is 8.41. The van der Waals surface area contributed by atoms with Gasteiger partial charge in [0.2, 0.25) is 0 Å². The summed E-state index contributed by atoms with van der Waals surface area (Å²) in [6.07, 6.45) is -4.76. The summed E-state index contributed by atoms with van der Waals surface area (Å²) in [5.41, 5.74) is -2.46. The summed E-state index contributed by atoms with van der Waals surface area (Å²) >= 11 is 3.04. The number of amides is 1. The fourth-order valence-electron chi connectivity index (χ4n) is 2.63. The Kier molecular flexibility index (Phi) is 7.61. The van der Waals surface area contributed by atoms with Crippen molar-refractivity contribution in [2.45, 2.75) is 65.3 Å². The van der Waals surface area contributed by atoms with Crippen LogP contribution in [0.25, 0.3) is 0 Å². The minimum atomic E-state index is -4.56. The van der Waals surface area contributed by atoms with Gasteiger partial charge in [-0.05, 0) is 58.2 Å². The molecule has 0 aliphatic carbocycles. The van der Waals surface area contributed by atoms with Crippen molar-refractivity contribution in [2.75, 3.05) is 6.61 Å². The summed E-state index contributed by atoms with van der Waals surface area (Å²) in [7, 11) is 0. The number of halogens is 4. The lowest BCUT2D eigenvalue weighted by atomic mass is 9.95. The van der Waals surface area contributed by atoms with Crippen LogP contribution in [0.1, 0.15) is 53.5 Å². The van der Waals surface area contributed by atoms with Gasteiger partial charge in [-0.15, -0.1) is 0 Å². The highest BCUT2D eigenvalue weighted by molar-refractivity contribution is 9.10. The molecule has 0 unspecified atom stereocenters. The molecular formula is C19H27BrF3NO3. The van der Waals surface area contributed by atoms with Gasteiger partial charge in [-0.25, -0.2) is 4.79 Å². The third-order valence-electron chi connectivity index (χ3n) is 3.44. The summed E-state index contributed by atoms with van der Waals surface area (Å²) in [4.78, 5) is 12.2. The lowest BCUT2D eigenvalue weighted by Gasteiger charge is -2.33. The minimum absolute atomic E-state index is 0.146. The second kappa shape index (κ2) is 8.71. The number of hydrogen-bond acceptors (Lipinski definition) is 3. The fourth-order valence-corrected chi connectivity index (χ4v) is 2.99. The number of benzene rings is 1. The maximum Gasteiger partial charge on any atom is 0.420 e. The summed E-state index contributed by atoms with van der Waals surface area (Å²) in [5, 5.41) is 2.69. The molecule has 1 aromatic rings. The molecule has 4 nitrogen and oxygen atoms in total. The van der Waals surface area contributed by atoms with Crippen molar-refractivity contribution in [2.24, 2.45) is 5.92 Å². The quantitative estimate of drug-likeness (QED) is 0.559. The standard InChI is InChI=1S/C19H27BrF3NO3/c1-12(2)10-18(6,27-16(25)24-17(3,4)5)11-26-15-8-7-13(20)9-14(15)19(21,22)23/h7-9,12H,10-11H2,1-6H3,(H,24,25)/t18-/m0/s1. The second-order valence-electron chi connectivity index (χ2n) is 8.24. The first-order chi connectivity index (χ1) is 12.1. The van der Waals surface area contributed by atoms with Crippen LogP contribution in [0.5, 0.6) is 5.75 Å². The molecule has 0 saturated carbocycles. The molecule has 0 saturated heterocycles. The number of ether oxygens (including phenoxy) is 2. The van der Waals surface area contributed by atoms with Crippen LogP contribution in [0.15, 0.2) is 22.7 Å². The van der Waals surface area contributed by atoms with E-state index >= 15 is 0 Å². The Hall–Kier alpha value is -1.44. The fraction of sp³-hybridized carbons (Fsp3) is 0.632. The number of carbonyl (C=O) groups excluding carboxylic acids is 1. The largest absolute Gasteiger partial charge is 0.489 e. The van der Waals surface area contributed by atoms with E-state index < -0.39 is 29.0 Å².